The van der Waals surface area contributed by atoms with Crippen LogP contribution in [0.1, 0.15) is 37.7 Å². The van der Waals surface area contributed by atoms with Crippen LogP contribution in [0.2, 0.25) is 0 Å². The van der Waals surface area contributed by atoms with Crippen LogP contribution >= 0.6 is 0 Å². The molecule has 0 heterocycles. The molecule has 0 spiro atoms. The van der Waals surface area contributed by atoms with Crippen molar-refractivity contribution in [1.29, 1.82) is 0 Å². The highest BCUT2D eigenvalue weighted by Crippen LogP contribution is 2.24. The fraction of sp³-hybridized carbons (Fsp3) is 0.529. The monoisotopic (exact) mass is 319 g/mol. The molecule has 1 aromatic rings. The van der Waals surface area contributed by atoms with Crippen LogP contribution in [0.5, 0.6) is 5.75 Å². The molecule has 0 atom stereocenters. The lowest BCUT2D eigenvalue weighted by Crippen LogP contribution is -2.45. The molecule has 0 unspecified atom stereocenters. The van der Waals surface area contributed by atoms with Gasteiger partial charge in [-0.2, -0.15) is 0 Å². The first-order valence-electron chi connectivity index (χ1n) is 8.07. The van der Waals surface area contributed by atoms with Gasteiger partial charge < -0.3 is 20.7 Å². The molecule has 6 nitrogen and oxygen atoms in total. The van der Waals surface area contributed by atoms with E-state index in [0.717, 1.165) is 31.2 Å². The molecule has 3 amide bonds. The van der Waals surface area contributed by atoms with Gasteiger partial charge in [0.25, 0.3) is 0 Å². The number of ether oxygens (including phenoxy) is 1. The lowest BCUT2D eigenvalue weighted by atomic mass is 9.96. The number of hydrogen-bond acceptors (Lipinski definition) is 3. The van der Waals surface area contributed by atoms with Gasteiger partial charge in [-0.1, -0.05) is 25.3 Å². The minimum absolute atomic E-state index is 0.0738. The molecule has 1 aliphatic carbocycles. The Morgan fingerprint density at radius 1 is 1.22 bits per heavy atom. The fourth-order valence-corrected chi connectivity index (χ4v) is 2.76. The number of aryl methyl sites for hydroxylation is 1. The molecule has 0 aromatic heterocycles. The predicted octanol–water partition coefficient (Wildman–Crippen LogP) is 2.57. The first-order valence-corrected chi connectivity index (χ1v) is 8.07. The van der Waals surface area contributed by atoms with Crippen molar-refractivity contribution in [2.75, 3.05) is 19.0 Å². The summed E-state index contributed by atoms with van der Waals surface area (Å²) in [6.45, 7) is 1.86. The number of carbonyl (C=O) groups excluding carboxylic acids is 2. The highest BCUT2D eigenvalue weighted by atomic mass is 16.5. The van der Waals surface area contributed by atoms with Gasteiger partial charge in [0.05, 0.1) is 19.3 Å². The number of amides is 3. The number of hydrogen-bond donors (Lipinski definition) is 3. The molecule has 3 N–H and O–H groups in total. The van der Waals surface area contributed by atoms with Gasteiger partial charge >= 0.3 is 6.03 Å². The number of rotatable bonds is 5. The fourth-order valence-electron chi connectivity index (χ4n) is 2.76. The van der Waals surface area contributed by atoms with Crippen molar-refractivity contribution >= 4 is 17.6 Å². The van der Waals surface area contributed by atoms with E-state index in [-0.39, 0.29) is 24.5 Å². The van der Waals surface area contributed by atoms with Gasteiger partial charge in [0.2, 0.25) is 5.91 Å². The number of benzene rings is 1. The number of urea groups is 1. The standard InChI is InChI=1S/C17H25N3O3/c1-12-8-9-15(23-2)14(10-12)20-16(21)11-18-17(22)19-13-6-4-3-5-7-13/h8-10,13H,3-7,11H2,1-2H3,(H,20,21)(H2,18,19,22). The van der Waals surface area contributed by atoms with E-state index in [2.05, 4.69) is 16.0 Å². The van der Waals surface area contributed by atoms with E-state index in [1.807, 2.05) is 19.1 Å². The second-order valence-corrected chi connectivity index (χ2v) is 5.91. The molecule has 126 valence electrons. The van der Waals surface area contributed by atoms with Crippen LogP contribution in [0.4, 0.5) is 10.5 Å². The van der Waals surface area contributed by atoms with E-state index in [4.69, 9.17) is 4.74 Å². The molecule has 23 heavy (non-hydrogen) atoms. The highest BCUT2D eigenvalue weighted by molar-refractivity contribution is 5.95. The molecule has 1 aromatic carbocycles. The van der Waals surface area contributed by atoms with Crippen molar-refractivity contribution in [3.63, 3.8) is 0 Å². The van der Waals surface area contributed by atoms with Crippen LogP contribution < -0.4 is 20.7 Å². The largest absolute Gasteiger partial charge is 0.495 e. The Hall–Kier alpha value is -2.24. The van der Waals surface area contributed by atoms with Crippen LogP contribution in [0.3, 0.4) is 0 Å². The van der Waals surface area contributed by atoms with Gasteiger partial charge in [0, 0.05) is 6.04 Å². The molecule has 1 saturated carbocycles. The number of nitrogens with one attached hydrogen (secondary N) is 3. The van der Waals surface area contributed by atoms with E-state index >= 15 is 0 Å². The number of methoxy groups -OCH3 is 1. The Morgan fingerprint density at radius 2 is 1.96 bits per heavy atom. The molecular weight excluding hydrogens is 294 g/mol. The molecule has 2 rings (SSSR count). The summed E-state index contributed by atoms with van der Waals surface area (Å²) in [5.74, 6) is 0.309. The highest BCUT2D eigenvalue weighted by Gasteiger charge is 2.16. The second-order valence-electron chi connectivity index (χ2n) is 5.91. The molecule has 0 radical (unpaired) electrons. The summed E-state index contributed by atoms with van der Waals surface area (Å²) >= 11 is 0. The van der Waals surface area contributed by atoms with Crippen LogP contribution in [0.25, 0.3) is 0 Å². The zero-order valence-corrected chi connectivity index (χ0v) is 13.8. The minimum Gasteiger partial charge on any atom is -0.495 e. The summed E-state index contributed by atoms with van der Waals surface area (Å²) in [6.07, 6.45) is 5.57. The van der Waals surface area contributed by atoms with Crippen LogP contribution in [-0.2, 0) is 4.79 Å². The van der Waals surface area contributed by atoms with Crippen LogP contribution in [0.15, 0.2) is 18.2 Å². The van der Waals surface area contributed by atoms with Crippen molar-refractivity contribution < 1.29 is 14.3 Å². The number of anilines is 1. The van der Waals surface area contributed by atoms with E-state index in [0.29, 0.717) is 11.4 Å². The smallest absolute Gasteiger partial charge is 0.315 e. The van der Waals surface area contributed by atoms with Gasteiger partial charge in [-0.3, -0.25) is 4.79 Å². The van der Waals surface area contributed by atoms with Crippen molar-refractivity contribution in [3.05, 3.63) is 23.8 Å². The number of carbonyl (C=O) groups is 2. The quantitative estimate of drug-likeness (QED) is 0.780. The van der Waals surface area contributed by atoms with Crippen molar-refractivity contribution in [2.45, 2.75) is 45.1 Å². The molecule has 0 bridgehead atoms. The van der Waals surface area contributed by atoms with E-state index in [1.54, 1.807) is 13.2 Å². The second kappa shape index (κ2) is 8.41. The van der Waals surface area contributed by atoms with E-state index < -0.39 is 0 Å². The maximum absolute atomic E-state index is 12.0. The Morgan fingerprint density at radius 3 is 2.65 bits per heavy atom. The maximum Gasteiger partial charge on any atom is 0.315 e. The summed E-state index contributed by atoms with van der Waals surface area (Å²) in [5.41, 5.74) is 1.62. The van der Waals surface area contributed by atoms with Crippen molar-refractivity contribution in [2.24, 2.45) is 0 Å². The van der Waals surface area contributed by atoms with E-state index in [1.165, 1.54) is 6.42 Å². The average Bonchev–Trinajstić information content (AvgIpc) is 2.54. The minimum atomic E-state index is -0.289. The van der Waals surface area contributed by atoms with Gasteiger partial charge in [0.1, 0.15) is 5.75 Å². The first-order chi connectivity index (χ1) is 11.1. The van der Waals surface area contributed by atoms with Gasteiger partial charge in [-0.15, -0.1) is 0 Å². The third-order valence-electron chi connectivity index (χ3n) is 3.98. The Kier molecular flexibility index (Phi) is 6.26. The van der Waals surface area contributed by atoms with Gasteiger partial charge in [-0.05, 0) is 37.5 Å². The summed E-state index contributed by atoms with van der Waals surface area (Å²) in [5, 5.41) is 8.27. The summed E-state index contributed by atoms with van der Waals surface area (Å²) < 4.78 is 5.21. The Labute approximate surface area is 137 Å². The molecule has 6 heteroatoms. The zero-order valence-electron chi connectivity index (χ0n) is 13.8. The SMILES string of the molecule is COc1ccc(C)cc1NC(=O)CNC(=O)NC1CCCCC1. The molecule has 1 fully saturated rings. The molecular formula is C17H25N3O3. The third kappa shape index (κ3) is 5.47. The molecule has 1 aliphatic rings. The van der Waals surface area contributed by atoms with Crippen molar-refractivity contribution in [1.82, 2.24) is 10.6 Å². The zero-order chi connectivity index (χ0) is 16.7. The normalized spacial score (nSPS) is 14.9. The first kappa shape index (κ1) is 17.1. The topological polar surface area (TPSA) is 79.5 Å². The maximum atomic E-state index is 12.0. The average molecular weight is 319 g/mol. The van der Waals surface area contributed by atoms with E-state index in [9.17, 15) is 9.59 Å². The van der Waals surface area contributed by atoms with Crippen molar-refractivity contribution in [3.8, 4) is 5.75 Å². The lowest BCUT2D eigenvalue weighted by Gasteiger charge is -2.22. The predicted molar refractivity (Wildman–Crippen MR) is 89.8 cm³/mol. The lowest BCUT2D eigenvalue weighted by molar-refractivity contribution is -0.115. The van der Waals surface area contributed by atoms with Crippen LogP contribution in [-0.4, -0.2) is 31.6 Å². The van der Waals surface area contributed by atoms with Gasteiger partial charge in [-0.25, -0.2) is 4.79 Å². The van der Waals surface area contributed by atoms with Crippen LogP contribution in [0, 0.1) is 6.92 Å². The summed E-state index contributed by atoms with van der Waals surface area (Å²) in [6, 6.07) is 5.48. The summed E-state index contributed by atoms with van der Waals surface area (Å²) in [4.78, 5) is 23.8. The van der Waals surface area contributed by atoms with Gasteiger partial charge in [0.15, 0.2) is 0 Å². The molecule has 0 saturated heterocycles. The Balaban J connectivity index is 1.78. The Bertz CT molecular complexity index is 554. The third-order valence-corrected chi connectivity index (χ3v) is 3.98. The summed E-state index contributed by atoms with van der Waals surface area (Å²) in [7, 11) is 1.55. The molecule has 0 aliphatic heterocycles.